The molecule has 5 nitrogen and oxygen atoms in total. The lowest BCUT2D eigenvalue weighted by Crippen LogP contribution is -2.20. The molecule has 142 valence electrons. The van der Waals surface area contributed by atoms with Gasteiger partial charge in [-0.05, 0) is 37.0 Å². The number of methoxy groups -OCH3 is 1. The van der Waals surface area contributed by atoms with E-state index >= 15 is 0 Å². The number of hydrogen-bond donors (Lipinski definition) is 1. The molecule has 0 radical (unpaired) electrons. The predicted octanol–water partition coefficient (Wildman–Crippen LogP) is 2.94. The van der Waals surface area contributed by atoms with Crippen LogP contribution in [0.2, 0.25) is 0 Å². The standard InChI is InChI=1S/C20H26FNO4/c1-14(8-11-19(22)23)15(2)26-13-16-9-10-17(18(21)12-16)6-4-5-7-20(24)25-3/h9-10,12,14-15H,5,7-8,11,13H2,1-3H3,(H2,22,23)/t14-,15+/m0/s1. The van der Waals surface area contributed by atoms with Gasteiger partial charge in [0, 0.05) is 12.8 Å². The first kappa shape index (κ1) is 21.7. The molecule has 26 heavy (non-hydrogen) atoms. The Bertz CT molecular complexity index is 678. The number of nitrogens with two attached hydrogens (primary N) is 1. The van der Waals surface area contributed by atoms with E-state index in [9.17, 15) is 14.0 Å². The summed E-state index contributed by atoms with van der Waals surface area (Å²) in [4.78, 5) is 21.8. The van der Waals surface area contributed by atoms with Gasteiger partial charge in [0.2, 0.25) is 5.91 Å². The Kier molecular flexibility index (Phi) is 9.38. The summed E-state index contributed by atoms with van der Waals surface area (Å²) in [5.74, 6) is 4.55. The van der Waals surface area contributed by atoms with Crippen molar-refractivity contribution in [2.75, 3.05) is 7.11 Å². The lowest BCUT2D eigenvalue weighted by atomic mass is 10.00. The minimum atomic E-state index is -0.425. The summed E-state index contributed by atoms with van der Waals surface area (Å²) in [6.45, 7) is 4.18. The van der Waals surface area contributed by atoms with Gasteiger partial charge >= 0.3 is 5.97 Å². The lowest BCUT2D eigenvalue weighted by Gasteiger charge is -2.20. The van der Waals surface area contributed by atoms with Crippen molar-refractivity contribution < 1.29 is 23.5 Å². The number of ether oxygens (including phenoxy) is 2. The van der Waals surface area contributed by atoms with Gasteiger partial charge in [0.25, 0.3) is 0 Å². The molecule has 2 N–H and O–H groups in total. The predicted molar refractivity (Wildman–Crippen MR) is 96.4 cm³/mol. The van der Waals surface area contributed by atoms with Gasteiger partial charge in [-0.25, -0.2) is 4.39 Å². The van der Waals surface area contributed by atoms with E-state index in [1.165, 1.54) is 13.2 Å². The SMILES string of the molecule is COC(=O)CCC#Cc1ccc(CO[C@H](C)[C@@H](C)CCC(N)=O)cc1F. The summed E-state index contributed by atoms with van der Waals surface area (Å²) < 4.78 is 24.4. The van der Waals surface area contributed by atoms with Crippen molar-refractivity contribution in [1.82, 2.24) is 0 Å². The van der Waals surface area contributed by atoms with E-state index in [1.807, 2.05) is 13.8 Å². The summed E-state index contributed by atoms with van der Waals surface area (Å²) in [5, 5.41) is 0. The smallest absolute Gasteiger partial charge is 0.306 e. The maximum absolute atomic E-state index is 14.1. The Morgan fingerprint density at radius 3 is 2.62 bits per heavy atom. The highest BCUT2D eigenvalue weighted by atomic mass is 19.1. The molecule has 1 amide bonds. The van der Waals surface area contributed by atoms with E-state index in [1.54, 1.807) is 12.1 Å². The highest BCUT2D eigenvalue weighted by molar-refractivity contribution is 5.73. The number of rotatable bonds is 9. The Labute approximate surface area is 154 Å². The molecule has 0 saturated carbocycles. The van der Waals surface area contributed by atoms with Gasteiger partial charge in [-0.3, -0.25) is 9.59 Å². The number of hydrogen-bond acceptors (Lipinski definition) is 4. The Hall–Kier alpha value is -2.39. The van der Waals surface area contributed by atoms with Crippen LogP contribution in [0.1, 0.15) is 50.7 Å². The average Bonchev–Trinajstić information content (AvgIpc) is 2.62. The number of halogens is 1. The summed E-state index contributed by atoms with van der Waals surface area (Å²) in [6.07, 6.45) is 1.41. The maximum Gasteiger partial charge on any atom is 0.306 e. The van der Waals surface area contributed by atoms with Crippen LogP contribution < -0.4 is 5.73 Å². The van der Waals surface area contributed by atoms with Gasteiger partial charge in [0.15, 0.2) is 0 Å². The average molecular weight is 363 g/mol. The molecule has 0 fully saturated rings. The molecule has 1 rings (SSSR count). The lowest BCUT2D eigenvalue weighted by molar-refractivity contribution is -0.140. The van der Waals surface area contributed by atoms with Crippen molar-refractivity contribution in [1.29, 1.82) is 0 Å². The van der Waals surface area contributed by atoms with Gasteiger partial charge in [-0.15, -0.1) is 0 Å². The summed E-state index contributed by atoms with van der Waals surface area (Å²) in [6, 6.07) is 4.75. The van der Waals surface area contributed by atoms with E-state index in [4.69, 9.17) is 10.5 Å². The van der Waals surface area contributed by atoms with Crippen LogP contribution in [0, 0.1) is 23.6 Å². The molecule has 0 bridgehead atoms. The molecular weight excluding hydrogens is 337 g/mol. The van der Waals surface area contributed by atoms with Gasteiger partial charge in [-0.2, -0.15) is 0 Å². The fourth-order valence-electron chi connectivity index (χ4n) is 2.17. The Morgan fingerprint density at radius 2 is 2.00 bits per heavy atom. The van der Waals surface area contributed by atoms with Crippen LogP contribution in [-0.2, 0) is 25.7 Å². The summed E-state index contributed by atoms with van der Waals surface area (Å²) in [7, 11) is 1.32. The maximum atomic E-state index is 14.1. The molecular formula is C20H26FNO4. The van der Waals surface area contributed by atoms with Gasteiger partial charge < -0.3 is 15.2 Å². The third-order valence-electron chi connectivity index (χ3n) is 4.10. The van der Waals surface area contributed by atoms with Gasteiger partial charge in [0.05, 0.1) is 31.8 Å². The quantitative estimate of drug-likeness (QED) is 0.540. The van der Waals surface area contributed by atoms with E-state index in [-0.39, 0.29) is 42.5 Å². The number of carbonyl (C=O) groups is 2. The Morgan fingerprint density at radius 1 is 1.27 bits per heavy atom. The molecule has 0 aliphatic rings. The Balaban J connectivity index is 2.52. The highest BCUT2D eigenvalue weighted by Gasteiger charge is 2.14. The number of amides is 1. The minimum absolute atomic E-state index is 0.0739. The van der Waals surface area contributed by atoms with Gasteiger partial charge in [0.1, 0.15) is 5.82 Å². The monoisotopic (exact) mass is 363 g/mol. The molecule has 0 aliphatic carbocycles. The molecule has 6 heteroatoms. The van der Waals surface area contributed by atoms with Crippen molar-refractivity contribution in [3.8, 4) is 11.8 Å². The first-order valence-corrected chi connectivity index (χ1v) is 8.57. The molecule has 0 saturated heterocycles. The van der Waals surface area contributed by atoms with E-state index < -0.39 is 5.82 Å². The van der Waals surface area contributed by atoms with Crippen molar-refractivity contribution in [2.45, 2.75) is 52.2 Å². The van der Waals surface area contributed by atoms with Gasteiger partial charge in [-0.1, -0.05) is 24.8 Å². The van der Waals surface area contributed by atoms with Crippen molar-refractivity contribution in [3.63, 3.8) is 0 Å². The van der Waals surface area contributed by atoms with Crippen molar-refractivity contribution in [2.24, 2.45) is 11.7 Å². The van der Waals surface area contributed by atoms with Crippen molar-refractivity contribution in [3.05, 3.63) is 35.1 Å². The summed E-state index contributed by atoms with van der Waals surface area (Å²) >= 11 is 0. The normalized spacial score (nSPS) is 12.6. The van der Waals surface area contributed by atoms with Crippen LogP contribution in [0.3, 0.4) is 0 Å². The molecule has 0 aromatic heterocycles. The van der Waals surface area contributed by atoms with Crippen LogP contribution in [0.25, 0.3) is 0 Å². The number of primary amides is 1. The highest BCUT2D eigenvalue weighted by Crippen LogP contribution is 2.17. The molecule has 0 unspecified atom stereocenters. The van der Waals surface area contributed by atoms with Crippen LogP contribution in [0.15, 0.2) is 18.2 Å². The molecule has 2 atom stereocenters. The second-order valence-electron chi connectivity index (χ2n) is 6.19. The molecule has 1 aromatic carbocycles. The number of carbonyl (C=O) groups excluding carboxylic acids is 2. The topological polar surface area (TPSA) is 78.6 Å². The van der Waals surface area contributed by atoms with Crippen LogP contribution in [0.4, 0.5) is 4.39 Å². The fourth-order valence-corrected chi connectivity index (χ4v) is 2.17. The number of esters is 1. The zero-order valence-corrected chi connectivity index (χ0v) is 15.5. The number of benzene rings is 1. The van der Waals surface area contributed by atoms with Crippen molar-refractivity contribution >= 4 is 11.9 Å². The van der Waals surface area contributed by atoms with E-state index in [2.05, 4.69) is 16.6 Å². The minimum Gasteiger partial charge on any atom is -0.469 e. The molecule has 0 aliphatic heterocycles. The molecule has 0 heterocycles. The third kappa shape index (κ3) is 8.13. The van der Waals surface area contributed by atoms with Crippen LogP contribution in [0.5, 0.6) is 0 Å². The second kappa shape index (κ2) is 11.3. The zero-order valence-electron chi connectivity index (χ0n) is 15.5. The molecule has 1 aromatic rings. The third-order valence-corrected chi connectivity index (χ3v) is 4.10. The zero-order chi connectivity index (χ0) is 19.5. The van der Waals surface area contributed by atoms with E-state index in [0.717, 1.165) is 0 Å². The van der Waals surface area contributed by atoms with Crippen LogP contribution >= 0.6 is 0 Å². The van der Waals surface area contributed by atoms with E-state index in [0.29, 0.717) is 24.8 Å². The largest absolute Gasteiger partial charge is 0.469 e. The van der Waals surface area contributed by atoms with Crippen LogP contribution in [-0.4, -0.2) is 25.1 Å². The second-order valence-corrected chi connectivity index (χ2v) is 6.19. The summed E-state index contributed by atoms with van der Waals surface area (Å²) in [5.41, 5.74) is 6.13. The first-order chi connectivity index (χ1) is 12.3. The first-order valence-electron chi connectivity index (χ1n) is 8.57. The molecule has 0 spiro atoms. The fraction of sp³-hybridized carbons (Fsp3) is 0.500.